The van der Waals surface area contributed by atoms with Gasteiger partial charge in [0.15, 0.2) is 11.5 Å². The topological polar surface area (TPSA) is 41.9 Å². The molecule has 2 atom stereocenters. The standard InChI is InChI=1S/C25H25NO3/c1-28-19-8-9-20-17(12-19)10-11-26-22(20)13-18-14-23(27)24(29-2)15-21(18)25(26)16-6-4-3-5-7-16/h3-9,12,14-15,22,25,27H,10-11,13H2,1-2H3/t22-,25-/m0/s1. The predicted molar refractivity (Wildman–Crippen MR) is 113 cm³/mol. The maximum atomic E-state index is 10.4. The lowest BCUT2D eigenvalue weighted by Gasteiger charge is -2.47. The Morgan fingerprint density at radius 1 is 0.897 bits per heavy atom. The van der Waals surface area contributed by atoms with E-state index in [2.05, 4.69) is 53.4 Å². The fourth-order valence-electron chi connectivity index (χ4n) is 4.99. The Kier molecular flexibility index (Phi) is 4.44. The van der Waals surface area contributed by atoms with Gasteiger partial charge < -0.3 is 14.6 Å². The van der Waals surface area contributed by atoms with E-state index in [-0.39, 0.29) is 17.8 Å². The number of phenols is 1. The number of phenolic OH excluding ortho intramolecular Hbond substituents is 1. The summed E-state index contributed by atoms with van der Waals surface area (Å²) in [4.78, 5) is 2.60. The number of hydrogen-bond acceptors (Lipinski definition) is 4. The number of rotatable bonds is 3. The molecule has 0 amide bonds. The van der Waals surface area contributed by atoms with Gasteiger partial charge in [-0.2, -0.15) is 0 Å². The zero-order chi connectivity index (χ0) is 20.0. The van der Waals surface area contributed by atoms with Crippen LogP contribution in [0.15, 0.2) is 60.7 Å². The van der Waals surface area contributed by atoms with Crippen LogP contribution in [0.4, 0.5) is 0 Å². The van der Waals surface area contributed by atoms with Crippen LogP contribution < -0.4 is 9.47 Å². The molecular weight excluding hydrogens is 362 g/mol. The van der Waals surface area contributed by atoms with E-state index >= 15 is 0 Å². The van der Waals surface area contributed by atoms with Gasteiger partial charge in [0.05, 0.1) is 20.3 Å². The number of methoxy groups -OCH3 is 2. The van der Waals surface area contributed by atoms with Crippen molar-refractivity contribution >= 4 is 0 Å². The number of benzene rings is 3. The molecule has 0 saturated heterocycles. The molecule has 148 valence electrons. The van der Waals surface area contributed by atoms with E-state index in [1.807, 2.05) is 12.1 Å². The lowest BCUT2D eigenvalue weighted by molar-refractivity contribution is 0.128. The first-order chi connectivity index (χ1) is 14.2. The van der Waals surface area contributed by atoms with Crippen molar-refractivity contribution in [3.05, 3.63) is 88.5 Å². The molecule has 0 bridgehead atoms. The fourth-order valence-corrected chi connectivity index (χ4v) is 4.99. The zero-order valence-corrected chi connectivity index (χ0v) is 16.8. The van der Waals surface area contributed by atoms with E-state index < -0.39 is 0 Å². The van der Waals surface area contributed by atoms with Crippen molar-refractivity contribution in [1.29, 1.82) is 0 Å². The fraction of sp³-hybridized carbons (Fsp3) is 0.280. The van der Waals surface area contributed by atoms with Gasteiger partial charge in [0.1, 0.15) is 5.75 Å². The van der Waals surface area contributed by atoms with Crippen molar-refractivity contribution in [3.63, 3.8) is 0 Å². The van der Waals surface area contributed by atoms with E-state index in [4.69, 9.17) is 9.47 Å². The van der Waals surface area contributed by atoms with Crippen LogP contribution in [0.5, 0.6) is 17.2 Å². The summed E-state index contributed by atoms with van der Waals surface area (Å²) >= 11 is 0. The monoisotopic (exact) mass is 387 g/mol. The number of hydrogen-bond donors (Lipinski definition) is 1. The van der Waals surface area contributed by atoms with Crippen LogP contribution in [0.1, 0.15) is 39.9 Å². The van der Waals surface area contributed by atoms with Crippen molar-refractivity contribution in [1.82, 2.24) is 4.90 Å². The van der Waals surface area contributed by atoms with Gasteiger partial charge in [-0.3, -0.25) is 4.90 Å². The maximum absolute atomic E-state index is 10.4. The van der Waals surface area contributed by atoms with Crippen LogP contribution in [0.2, 0.25) is 0 Å². The second kappa shape index (κ2) is 7.12. The Hall–Kier alpha value is -2.98. The molecule has 0 aliphatic carbocycles. The van der Waals surface area contributed by atoms with Gasteiger partial charge in [0.25, 0.3) is 0 Å². The average molecular weight is 387 g/mol. The van der Waals surface area contributed by atoms with Crippen molar-refractivity contribution in [2.75, 3.05) is 20.8 Å². The summed E-state index contributed by atoms with van der Waals surface area (Å²) in [6.07, 6.45) is 1.87. The molecule has 5 rings (SSSR count). The van der Waals surface area contributed by atoms with Crippen molar-refractivity contribution in [2.45, 2.75) is 24.9 Å². The number of aromatic hydroxyl groups is 1. The van der Waals surface area contributed by atoms with Crippen molar-refractivity contribution in [2.24, 2.45) is 0 Å². The molecule has 0 radical (unpaired) electrons. The molecule has 0 aromatic heterocycles. The Morgan fingerprint density at radius 2 is 1.72 bits per heavy atom. The molecule has 29 heavy (non-hydrogen) atoms. The molecule has 4 nitrogen and oxygen atoms in total. The summed E-state index contributed by atoms with van der Waals surface area (Å²) in [5, 5.41) is 10.4. The minimum absolute atomic E-state index is 0.134. The summed E-state index contributed by atoms with van der Waals surface area (Å²) in [6, 6.07) is 21.4. The second-order valence-electron chi connectivity index (χ2n) is 7.81. The summed E-state index contributed by atoms with van der Waals surface area (Å²) in [5.41, 5.74) is 6.39. The minimum Gasteiger partial charge on any atom is -0.504 e. The zero-order valence-electron chi connectivity index (χ0n) is 16.8. The third-order valence-electron chi connectivity index (χ3n) is 6.34. The van der Waals surface area contributed by atoms with Gasteiger partial charge in [-0.05, 0) is 64.9 Å². The van der Waals surface area contributed by atoms with Crippen LogP contribution in [0, 0.1) is 0 Å². The molecular formula is C25H25NO3. The molecule has 3 aromatic rings. The van der Waals surface area contributed by atoms with Gasteiger partial charge in [0, 0.05) is 12.6 Å². The first kappa shape index (κ1) is 18.1. The molecule has 2 heterocycles. The highest BCUT2D eigenvalue weighted by Gasteiger charge is 2.39. The molecule has 2 aliphatic heterocycles. The normalized spacial score (nSPS) is 20.3. The van der Waals surface area contributed by atoms with Gasteiger partial charge in [-0.15, -0.1) is 0 Å². The van der Waals surface area contributed by atoms with Gasteiger partial charge in [0.2, 0.25) is 0 Å². The Morgan fingerprint density at radius 3 is 2.48 bits per heavy atom. The van der Waals surface area contributed by atoms with Crippen LogP contribution in [-0.4, -0.2) is 30.8 Å². The molecule has 0 fully saturated rings. The Balaban J connectivity index is 1.68. The van der Waals surface area contributed by atoms with Gasteiger partial charge in [-0.25, -0.2) is 0 Å². The summed E-state index contributed by atoms with van der Waals surface area (Å²) in [6.45, 7) is 0.979. The smallest absolute Gasteiger partial charge is 0.160 e. The highest BCUT2D eigenvalue weighted by molar-refractivity contribution is 5.53. The lowest BCUT2D eigenvalue weighted by Crippen LogP contribution is -2.43. The minimum atomic E-state index is 0.134. The maximum Gasteiger partial charge on any atom is 0.160 e. The first-order valence-corrected chi connectivity index (χ1v) is 10.1. The van der Waals surface area contributed by atoms with E-state index in [0.29, 0.717) is 5.75 Å². The number of nitrogens with zero attached hydrogens (tertiary/aromatic N) is 1. The van der Waals surface area contributed by atoms with Crippen LogP contribution in [-0.2, 0) is 12.8 Å². The van der Waals surface area contributed by atoms with Crippen LogP contribution in [0.25, 0.3) is 0 Å². The third-order valence-corrected chi connectivity index (χ3v) is 6.34. The SMILES string of the molecule is COc1ccc2c(c1)CCN1[C@@H](c3ccccc3)c3cc(OC)c(O)cc3C[C@@H]21. The van der Waals surface area contributed by atoms with Gasteiger partial charge >= 0.3 is 0 Å². The average Bonchev–Trinajstić information content (AvgIpc) is 2.77. The van der Waals surface area contributed by atoms with Gasteiger partial charge in [-0.1, -0.05) is 36.4 Å². The first-order valence-electron chi connectivity index (χ1n) is 10.1. The Labute approximate surface area is 171 Å². The molecule has 0 unspecified atom stereocenters. The predicted octanol–water partition coefficient (Wildman–Crippen LogP) is 4.65. The molecule has 2 aliphatic rings. The number of fused-ring (bicyclic) bond motifs is 4. The van der Waals surface area contributed by atoms with Crippen molar-refractivity contribution < 1.29 is 14.6 Å². The highest BCUT2D eigenvalue weighted by Crippen LogP contribution is 2.48. The number of ether oxygens (including phenoxy) is 2. The second-order valence-corrected chi connectivity index (χ2v) is 7.81. The van der Waals surface area contributed by atoms with Crippen LogP contribution >= 0.6 is 0 Å². The molecule has 0 saturated carbocycles. The molecule has 4 heteroatoms. The highest BCUT2D eigenvalue weighted by atomic mass is 16.5. The lowest BCUT2D eigenvalue weighted by atomic mass is 9.78. The van der Waals surface area contributed by atoms with E-state index in [1.165, 1.54) is 27.8 Å². The summed E-state index contributed by atoms with van der Waals surface area (Å²) in [5.74, 6) is 1.65. The van der Waals surface area contributed by atoms with Crippen molar-refractivity contribution in [3.8, 4) is 17.2 Å². The quantitative estimate of drug-likeness (QED) is 0.710. The molecule has 0 spiro atoms. The summed E-state index contributed by atoms with van der Waals surface area (Å²) < 4.78 is 10.9. The third kappa shape index (κ3) is 2.95. The van der Waals surface area contributed by atoms with E-state index in [1.54, 1.807) is 14.2 Å². The van der Waals surface area contributed by atoms with E-state index in [0.717, 1.165) is 25.1 Å². The molecule has 1 N–H and O–H groups in total. The van der Waals surface area contributed by atoms with E-state index in [9.17, 15) is 5.11 Å². The largest absolute Gasteiger partial charge is 0.504 e. The summed E-state index contributed by atoms with van der Waals surface area (Å²) in [7, 11) is 3.32. The molecule has 3 aromatic carbocycles. The van der Waals surface area contributed by atoms with Crippen LogP contribution in [0.3, 0.4) is 0 Å². The Bertz CT molecular complexity index is 1050.